The predicted octanol–water partition coefficient (Wildman–Crippen LogP) is 3.85. The molecule has 1 aromatic rings. The summed E-state index contributed by atoms with van der Waals surface area (Å²) >= 11 is 0. The summed E-state index contributed by atoms with van der Waals surface area (Å²) in [7, 11) is 2.01. The van der Waals surface area contributed by atoms with Crippen LogP contribution in [0.2, 0.25) is 0 Å². The predicted molar refractivity (Wildman–Crippen MR) is 80.4 cm³/mol. The molecule has 19 heavy (non-hydrogen) atoms. The molecule has 2 heteroatoms. The molecule has 1 atom stereocenters. The number of benzene rings is 1. The smallest absolute Gasteiger partial charge is 0.0661 e. The maximum atomic E-state index is 5.95. The molecule has 0 amide bonds. The highest BCUT2D eigenvalue weighted by molar-refractivity contribution is 5.24. The summed E-state index contributed by atoms with van der Waals surface area (Å²) in [6.07, 6.45) is 6.91. The molecule has 0 heterocycles. The number of nitrogens with one attached hydrogen (secondary N) is 1. The molecule has 0 aromatic heterocycles. The van der Waals surface area contributed by atoms with Gasteiger partial charge in [0, 0.05) is 6.61 Å². The van der Waals surface area contributed by atoms with Crippen LogP contribution in [0.25, 0.3) is 0 Å². The van der Waals surface area contributed by atoms with Gasteiger partial charge in [-0.15, -0.1) is 0 Å². The van der Waals surface area contributed by atoms with E-state index < -0.39 is 0 Å². The summed E-state index contributed by atoms with van der Waals surface area (Å²) in [4.78, 5) is 0. The number of rotatable bonds is 6. The SMILES string of the molecule is CNC(COCC1CCCCC1)c1ccc(C)cc1. The molecule has 1 saturated carbocycles. The van der Waals surface area contributed by atoms with E-state index in [1.54, 1.807) is 0 Å². The Kier molecular flexibility index (Phi) is 5.87. The van der Waals surface area contributed by atoms with Gasteiger partial charge in [-0.2, -0.15) is 0 Å². The van der Waals surface area contributed by atoms with Crippen molar-refractivity contribution in [3.05, 3.63) is 35.4 Å². The van der Waals surface area contributed by atoms with Crippen LogP contribution in [-0.4, -0.2) is 20.3 Å². The average Bonchev–Trinajstić information content (AvgIpc) is 2.46. The molecule has 2 nitrogen and oxygen atoms in total. The van der Waals surface area contributed by atoms with Gasteiger partial charge in [-0.1, -0.05) is 49.1 Å². The zero-order chi connectivity index (χ0) is 13.5. The fourth-order valence-corrected chi connectivity index (χ4v) is 2.85. The van der Waals surface area contributed by atoms with Crippen LogP contribution in [-0.2, 0) is 4.74 Å². The van der Waals surface area contributed by atoms with Gasteiger partial charge >= 0.3 is 0 Å². The van der Waals surface area contributed by atoms with Crippen molar-refractivity contribution in [1.29, 1.82) is 0 Å². The first kappa shape index (κ1) is 14.5. The monoisotopic (exact) mass is 261 g/mol. The van der Waals surface area contributed by atoms with E-state index in [-0.39, 0.29) is 0 Å². The number of hydrogen-bond acceptors (Lipinski definition) is 2. The van der Waals surface area contributed by atoms with Crippen molar-refractivity contribution in [2.45, 2.75) is 45.1 Å². The molecular formula is C17H27NO. The molecular weight excluding hydrogens is 234 g/mol. The van der Waals surface area contributed by atoms with Gasteiger partial charge in [-0.3, -0.25) is 0 Å². The molecule has 1 N–H and O–H groups in total. The molecule has 1 aliphatic carbocycles. The largest absolute Gasteiger partial charge is 0.379 e. The first-order valence-corrected chi connectivity index (χ1v) is 7.61. The first-order chi connectivity index (χ1) is 9.29. The van der Waals surface area contributed by atoms with E-state index in [1.807, 2.05) is 7.05 Å². The zero-order valence-electron chi connectivity index (χ0n) is 12.3. The van der Waals surface area contributed by atoms with Crippen LogP contribution in [0, 0.1) is 12.8 Å². The second-order valence-electron chi connectivity index (χ2n) is 5.79. The topological polar surface area (TPSA) is 21.3 Å². The molecule has 2 rings (SSSR count). The maximum absolute atomic E-state index is 5.95. The molecule has 106 valence electrons. The number of ether oxygens (including phenoxy) is 1. The Morgan fingerprint density at radius 3 is 2.47 bits per heavy atom. The standard InChI is InChI=1S/C17H27NO/c1-14-8-10-16(11-9-14)17(18-2)13-19-12-15-6-4-3-5-7-15/h8-11,15,17-18H,3-7,12-13H2,1-2H3. The normalized spacial score (nSPS) is 18.4. The Morgan fingerprint density at radius 2 is 1.84 bits per heavy atom. The molecule has 1 aromatic carbocycles. The van der Waals surface area contributed by atoms with Crippen molar-refractivity contribution in [2.75, 3.05) is 20.3 Å². The van der Waals surface area contributed by atoms with Gasteiger partial charge in [0.2, 0.25) is 0 Å². The molecule has 0 bridgehead atoms. The number of aryl methyl sites for hydroxylation is 1. The maximum Gasteiger partial charge on any atom is 0.0661 e. The molecule has 0 saturated heterocycles. The van der Waals surface area contributed by atoms with E-state index in [2.05, 4.69) is 36.5 Å². The third kappa shape index (κ3) is 4.63. The Bertz CT molecular complexity index is 354. The van der Waals surface area contributed by atoms with E-state index in [0.717, 1.165) is 19.1 Å². The minimum atomic E-state index is 0.309. The molecule has 0 radical (unpaired) electrons. The Balaban J connectivity index is 1.77. The molecule has 1 unspecified atom stereocenters. The lowest BCUT2D eigenvalue weighted by Gasteiger charge is -2.23. The fraction of sp³-hybridized carbons (Fsp3) is 0.647. The van der Waals surface area contributed by atoms with Gasteiger partial charge in [0.05, 0.1) is 12.6 Å². The lowest BCUT2D eigenvalue weighted by Crippen LogP contribution is -2.24. The Hall–Kier alpha value is -0.860. The van der Waals surface area contributed by atoms with Crippen molar-refractivity contribution < 1.29 is 4.74 Å². The summed E-state index contributed by atoms with van der Waals surface area (Å²) in [5.41, 5.74) is 2.62. The summed E-state index contributed by atoms with van der Waals surface area (Å²) in [5, 5.41) is 3.35. The van der Waals surface area contributed by atoms with E-state index in [0.29, 0.717) is 6.04 Å². The van der Waals surface area contributed by atoms with Crippen LogP contribution in [0.1, 0.15) is 49.3 Å². The van der Waals surface area contributed by atoms with Crippen molar-refractivity contribution in [2.24, 2.45) is 5.92 Å². The quantitative estimate of drug-likeness (QED) is 0.839. The minimum absolute atomic E-state index is 0.309. The van der Waals surface area contributed by atoms with E-state index in [1.165, 1.54) is 43.2 Å². The van der Waals surface area contributed by atoms with Crippen LogP contribution in [0.5, 0.6) is 0 Å². The summed E-state index contributed by atoms with van der Waals surface area (Å²) < 4.78 is 5.95. The van der Waals surface area contributed by atoms with Crippen molar-refractivity contribution >= 4 is 0 Å². The second-order valence-corrected chi connectivity index (χ2v) is 5.79. The van der Waals surface area contributed by atoms with Gasteiger partial charge in [0.25, 0.3) is 0 Å². The van der Waals surface area contributed by atoms with Crippen LogP contribution < -0.4 is 5.32 Å². The highest BCUT2D eigenvalue weighted by Gasteiger charge is 2.15. The third-order valence-corrected chi connectivity index (χ3v) is 4.19. The summed E-state index contributed by atoms with van der Waals surface area (Å²) in [6, 6.07) is 9.03. The molecule has 0 spiro atoms. The fourth-order valence-electron chi connectivity index (χ4n) is 2.85. The van der Waals surface area contributed by atoms with E-state index in [9.17, 15) is 0 Å². The van der Waals surface area contributed by atoms with Gasteiger partial charge in [-0.25, -0.2) is 0 Å². The number of hydrogen-bond donors (Lipinski definition) is 1. The Labute approximate surface area is 117 Å². The van der Waals surface area contributed by atoms with Gasteiger partial charge in [0.1, 0.15) is 0 Å². The van der Waals surface area contributed by atoms with Crippen LogP contribution in [0.15, 0.2) is 24.3 Å². The average molecular weight is 261 g/mol. The highest BCUT2D eigenvalue weighted by Crippen LogP contribution is 2.24. The summed E-state index contributed by atoms with van der Waals surface area (Å²) in [5.74, 6) is 0.796. The van der Waals surface area contributed by atoms with Crippen LogP contribution >= 0.6 is 0 Å². The van der Waals surface area contributed by atoms with Crippen molar-refractivity contribution in [3.8, 4) is 0 Å². The number of likely N-dealkylation sites (N-methyl/N-ethyl adjacent to an activating group) is 1. The Morgan fingerprint density at radius 1 is 1.16 bits per heavy atom. The van der Waals surface area contributed by atoms with Crippen molar-refractivity contribution in [3.63, 3.8) is 0 Å². The third-order valence-electron chi connectivity index (χ3n) is 4.19. The lowest BCUT2D eigenvalue weighted by atomic mass is 9.90. The zero-order valence-corrected chi connectivity index (χ0v) is 12.3. The van der Waals surface area contributed by atoms with Crippen molar-refractivity contribution in [1.82, 2.24) is 5.32 Å². The molecule has 0 aliphatic heterocycles. The lowest BCUT2D eigenvalue weighted by molar-refractivity contribution is 0.0707. The highest BCUT2D eigenvalue weighted by atomic mass is 16.5. The van der Waals surface area contributed by atoms with E-state index in [4.69, 9.17) is 4.74 Å². The molecule has 1 aliphatic rings. The van der Waals surface area contributed by atoms with Gasteiger partial charge < -0.3 is 10.1 Å². The minimum Gasteiger partial charge on any atom is -0.379 e. The van der Waals surface area contributed by atoms with Gasteiger partial charge in [-0.05, 0) is 38.3 Å². The molecule has 1 fully saturated rings. The van der Waals surface area contributed by atoms with Crippen LogP contribution in [0.3, 0.4) is 0 Å². The first-order valence-electron chi connectivity index (χ1n) is 7.61. The van der Waals surface area contributed by atoms with E-state index >= 15 is 0 Å². The second kappa shape index (κ2) is 7.66. The van der Waals surface area contributed by atoms with Crippen LogP contribution in [0.4, 0.5) is 0 Å². The van der Waals surface area contributed by atoms with Gasteiger partial charge in [0.15, 0.2) is 0 Å². The summed E-state index contributed by atoms with van der Waals surface area (Å²) in [6.45, 7) is 3.83.